The molecular formula is C11H15NO4S. The van der Waals surface area contributed by atoms with E-state index >= 15 is 0 Å². The SMILES string of the molecule is COC(=N)CCS(=O)(=O)c1ccc(OC)cc1. The second-order valence-corrected chi connectivity index (χ2v) is 5.48. The van der Waals surface area contributed by atoms with Gasteiger partial charge in [-0.05, 0) is 24.3 Å². The van der Waals surface area contributed by atoms with E-state index in [0.29, 0.717) is 5.75 Å². The molecule has 0 fully saturated rings. The molecule has 0 atom stereocenters. The van der Waals surface area contributed by atoms with Gasteiger partial charge in [0.1, 0.15) is 5.75 Å². The molecule has 1 N–H and O–H groups in total. The normalized spacial score (nSPS) is 10.9. The third-order valence-electron chi connectivity index (χ3n) is 2.26. The van der Waals surface area contributed by atoms with Gasteiger partial charge in [0, 0.05) is 6.42 Å². The van der Waals surface area contributed by atoms with E-state index < -0.39 is 9.84 Å². The maximum Gasteiger partial charge on any atom is 0.181 e. The molecule has 0 aliphatic rings. The molecule has 0 heterocycles. The Bertz CT molecular complexity index is 479. The molecule has 94 valence electrons. The molecular weight excluding hydrogens is 242 g/mol. The largest absolute Gasteiger partial charge is 0.497 e. The minimum absolute atomic E-state index is 0.0397. The third kappa shape index (κ3) is 3.74. The van der Waals surface area contributed by atoms with Crippen molar-refractivity contribution in [3.05, 3.63) is 24.3 Å². The van der Waals surface area contributed by atoms with Gasteiger partial charge in [-0.3, -0.25) is 5.41 Å². The van der Waals surface area contributed by atoms with Crippen LogP contribution in [0, 0.1) is 5.41 Å². The topological polar surface area (TPSA) is 76.5 Å². The Balaban J connectivity index is 2.78. The Morgan fingerprint density at radius 2 is 1.82 bits per heavy atom. The van der Waals surface area contributed by atoms with Gasteiger partial charge in [-0.2, -0.15) is 0 Å². The van der Waals surface area contributed by atoms with E-state index in [0.717, 1.165) is 0 Å². The van der Waals surface area contributed by atoms with Crippen LogP contribution in [0.25, 0.3) is 0 Å². The fourth-order valence-corrected chi connectivity index (χ4v) is 2.47. The third-order valence-corrected chi connectivity index (χ3v) is 3.99. The Labute approximate surface area is 101 Å². The van der Waals surface area contributed by atoms with E-state index in [9.17, 15) is 8.42 Å². The van der Waals surface area contributed by atoms with Crippen molar-refractivity contribution in [3.8, 4) is 5.75 Å². The van der Waals surface area contributed by atoms with Crippen molar-refractivity contribution in [3.63, 3.8) is 0 Å². The zero-order valence-corrected chi connectivity index (χ0v) is 10.6. The molecule has 0 amide bonds. The first-order chi connectivity index (χ1) is 7.99. The van der Waals surface area contributed by atoms with E-state index in [1.165, 1.54) is 26.4 Å². The van der Waals surface area contributed by atoms with E-state index in [-0.39, 0.29) is 23.0 Å². The minimum Gasteiger partial charge on any atom is -0.497 e. The highest BCUT2D eigenvalue weighted by molar-refractivity contribution is 7.91. The van der Waals surface area contributed by atoms with Crippen LogP contribution in [0.15, 0.2) is 29.2 Å². The highest BCUT2D eigenvalue weighted by Crippen LogP contribution is 2.17. The van der Waals surface area contributed by atoms with Crippen molar-refractivity contribution in [2.75, 3.05) is 20.0 Å². The van der Waals surface area contributed by atoms with E-state index in [4.69, 9.17) is 10.1 Å². The van der Waals surface area contributed by atoms with Gasteiger partial charge in [-0.1, -0.05) is 0 Å². The van der Waals surface area contributed by atoms with Crippen LogP contribution in [-0.2, 0) is 14.6 Å². The average molecular weight is 257 g/mol. The monoisotopic (exact) mass is 257 g/mol. The highest BCUT2D eigenvalue weighted by Gasteiger charge is 2.15. The number of nitrogens with one attached hydrogen (secondary N) is 1. The van der Waals surface area contributed by atoms with E-state index in [1.54, 1.807) is 12.1 Å². The van der Waals surface area contributed by atoms with Crippen LogP contribution in [0.5, 0.6) is 5.75 Å². The van der Waals surface area contributed by atoms with Crippen molar-refractivity contribution in [2.24, 2.45) is 0 Å². The quantitative estimate of drug-likeness (QED) is 0.640. The first kappa shape index (κ1) is 13.5. The summed E-state index contributed by atoms with van der Waals surface area (Å²) in [6.45, 7) is 0. The lowest BCUT2D eigenvalue weighted by atomic mass is 10.3. The molecule has 0 aliphatic carbocycles. The predicted octanol–water partition coefficient (Wildman–Crippen LogP) is 1.48. The Morgan fingerprint density at radius 1 is 1.24 bits per heavy atom. The summed E-state index contributed by atoms with van der Waals surface area (Å²) in [6, 6.07) is 6.16. The molecule has 0 saturated heterocycles. The van der Waals surface area contributed by atoms with Crippen molar-refractivity contribution < 1.29 is 17.9 Å². The summed E-state index contributed by atoms with van der Waals surface area (Å²) >= 11 is 0. The van der Waals surface area contributed by atoms with Crippen LogP contribution in [0.3, 0.4) is 0 Å². The lowest BCUT2D eigenvalue weighted by molar-refractivity contribution is 0.388. The van der Waals surface area contributed by atoms with Gasteiger partial charge in [-0.15, -0.1) is 0 Å². The second-order valence-electron chi connectivity index (χ2n) is 3.37. The van der Waals surface area contributed by atoms with Gasteiger partial charge in [0.2, 0.25) is 0 Å². The first-order valence-electron chi connectivity index (χ1n) is 4.98. The molecule has 5 nitrogen and oxygen atoms in total. The summed E-state index contributed by atoms with van der Waals surface area (Å²) < 4.78 is 33.3. The van der Waals surface area contributed by atoms with Gasteiger partial charge < -0.3 is 9.47 Å². The lowest BCUT2D eigenvalue weighted by Gasteiger charge is -2.06. The lowest BCUT2D eigenvalue weighted by Crippen LogP contribution is -2.11. The Hall–Kier alpha value is -1.56. The molecule has 17 heavy (non-hydrogen) atoms. The van der Waals surface area contributed by atoms with Crippen LogP contribution >= 0.6 is 0 Å². The summed E-state index contributed by atoms with van der Waals surface area (Å²) in [7, 11) is -0.500. The molecule has 1 aromatic rings. The Morgan fingerprint density at radius 3 is 2.29 bits per heavy atom. The predicted molar refractivity (Wildman–Crippen MR) is 64.4 cm³/mol. The van der Waals surface area contributed by atoms with Crippen LogP contribution in [0.4, 0.5) is 0 Å². The van der Waals surface area contributed by atoms with Gasteiger partial charge in [-0.25, -0.2) is 8.42 Å². The van der Waals surface area contributed by atoms with Crippen LogP contribution in [-0.4, -0.2) is 34.3 Å². The van der Waals surface area contributed by atoms with Gasteiger partial charge in [0.15, 0.2) is 15.7 Å². The fraction of sp³-hybridized carbons (Fsp3) is 0.364. The van der Waals surface area contributed by atoms with Gasteiger partial charge in [0.05, 0.1) is 24.9 Å². The smallest absolute Gasteiger partial charge is 0.181 e. The molecule has 0 spiro atoms. The molecule has 0 radical (unpaired) electrons. The van der Waals surface area contributed by atoms with Crippen LogP contribution < -0.4 is 4.74 Å². The molecule has 1 aromatic carbocycles. The molecule has 0 saturated carbocycles. The second kappa shape index (κ2) is 5.67. The van der Waals surface area contributed by atoms with E-state index in [1.807, 2.05) is 0 Å². The van der Waals surface area contributed by atoms with Crippen molar-refractivity contribution in [2.45, 2.75) is 11.3 Å². The molecule has 0 bridgehead atoms. The zero-order valence-electron chi connectivity index (χ0n) is 9.76. The number of methoxy groups -OCH3 is 2. The number of rotatable bonds is 5. The van der Waals surface area contributed by atoms with E-state index in [2.05, 4.69) is 4.74 Å². The molecule has 6 heteroatoms. The molecule has 0 unspecified atom stereocenters. The number of ether oxygens (including phenoxy) is 2. The molecule has 0 aromatic heterocycles. The Kier molecular flexibility index (Phi) is 4.51. The van der Waals surface area contributed by atoms with Crippen LogP contribution in [0.2, 0.25) is 0 Å². The number of sulfone groups is 1. The summed E-state index contributed by atoms with van der Waals surface area (Å²) in [4.78, 5) is 0.224. The summed E-state index contributed by atoms with van der Waals surface area (Å²) in [5, 5.41) is 7.24. The fourth-order valence-electron chi connectivity index (χ4n) is 1.23. The summed E-state index contributed by atoms with van der Waals surface area (Å²) in [5.41, 5.74) is 0. The maximum atomic E-state index is 11.9. The van der Waals surface area contributed by atoms with Gasteiger partial charge >= 0.3 is 0 Å². The molecule has 1 rings (SSSR count). The zero-order chi connectivity index (χ0) is 12.9. The highest BCUT2D eigenvalue weighted by atomic mass is 32.2. The maximum absolute atomic E-state index is 11.9. The van der Waals surface area contributed by atoms with Crippen molar-refractivity contribution >= 4 is 15.7 Å². The standard InChI is InChI=1S/C11H15NO4S/c1-15-9-3-5-10(6-4-9)17(13,14)8-7-11(12)16-2/h3-6,12H,7-8H2,1-2H3. The summed E-state index contributed by atoms with van der Waals surface area (Å²) in [6.07, 6.45) is 0.0743. The van der Waals surface area contributed by atoms with Crippen LogP contribution in [0.1, 0.15) is 6.42 Å². The first-order valence-corrected chi connectivity index (χ1v) is 6.63. The van der Waals surface area contributed by atoms with Crippen molar-refractivity contribution in [1.82, 2.24) is 0 Å². The average Bonchev–Trinajstić information content (AvgIpc) is 2.36. The number of hydrogen-bond donors (Lipinski definition) is 1. The number of benzene rings is 1. The summed E-state index contributed by atoms with van der Waals surface area (Å²) in [5.74, 6) is 0.433. The molecule has 0 aliphatic heterocycles. The number of hydrogen-bond acceptors (Lipinski definition) is 5. The van der Waals surface area contributed by atoms with Gasteiger partial charge in [0.25, 0.3) is 0 Å². The van der Waals surface area contributed by atoms with Crippen molar-refractivity contribution in [1.29, 1.82) is 5.41 Å². The minimum atomic E-state index is -3.37.